The Hall–Kier alpha value is -0.410. The van der Waals surface area contributed by atoms with E-state index in [0.717, 1.165) is 19.4 Å². The molecule has 0 saturated heterocycles. The highest BCUT2D eigenvalue weighted by molar-refractivity contribution is 5.84. The smallest absolute Gasteiger partial charge is 0.149 e. The molecule has 70 valence electrons. The van der Waals surface area contributed by atoms with Gasteiger partial charge in [-0.15, -0.1) is 0 Å². The number of hydrogen-bond acceptors (Lipinski definition) is 3. The molecule has 3 heteroatoms. The van der Waals surface area contributed by atoms with Crippen molar-refractivity contribution in [2.75, 3.05) is 26.2 Å². The summed E-state index contributed by atoms with van der Waals surface area (Å²) in [4.78, 5) is 13.3. The van der Waals surface area contributed by atoms with Gasteiger partial charge in [-0.05, 0) is 19.4 Å². The molecule has 1 aliphatic carbocycles. The van der Waals surface area contributed by atoms with Gasteiger partial charge in [0.05, 0.1) is 13.2 Å². The zero-order chi connectivity index (χ0) is 8.97. The lowest BCUT2D eigenvalue weighted by Gasteiger charge is -2.17. The normalized spacial score (nSPS) is 16.9. The minimum Gasteiger partial charge on any atom is -0.395 e. The molecule has 1 fully saturated rings. The van der Waals surface area contributed by atoms with Crippen LogP contribution < -0.4 is 0 Å². The van der Waals surface area contributed by atoms with Gasteiger partial charge in [0.1, 0.15) is 5.78 Å². The van der Waals surface area contributed by atoms with Crippen LogP contribution in [-0.4, -0.2) is 42.0 Å². The van der Waals surface area contributed by atoms with E-state index in [1.165, 1.54) is 0 Å². The average molecular weight is 171 g/mol. The van der Waals surface area contributed by atoms with Gasteiger partial charge in [-0.25, -0.2) is 0 Å². The number of ketones is 1. The van der Waals surface area contributed by atoms with Gasteiger partial charge in [0.25, 0.3) is 0 Å². The van der Waals surface area contributed by atoms with Crippen molar-refractivity contribution in [3.63, 3.8) is 0 Å². The predicted molar refractivity (Wildman–Crippen MR) is 46.9 cm³/mol. The van der Waals surface area contributed by atoms with Crippen LogP contribution in [0.3, 0.4) is 0 Å². The third-order valence-electron chi connectivity index (χ3n) is 2.28. The number of carbonyl (C=O) groups excluding carboxylic acids is 1. The van der Waals surface area contributed by atoms with Crippen LogP contribution in [0.15, 0.2) is 0 Å². The number of rotatable bonds is 6. The van der Waals surface area contributed by atoms with Gasteiger partial charge >= 0.3 is 0 Å². The van der Waals surface area contributed by atoms with Gasteiger partial charge in [0, 0.05) is 12.5 Å². The van der Waals surface area contributed by atoms with E-state index < -0.39 is 0 Å². The molecule has 0 radical (unpaired) electrons. The Morgan fingerprint density at radius 3 is 2.67 bits per heavy atom. The van der Waals surface area contributed by atoms with Crippen molar-refractivity contribution in [3.8, 4) is 0 Å². The van der Waals surface area contributed by atoms with Crippen LogP contribution in [-0.2, 0) is 4.79 Å². The van der Waals surface area contributed by atoms with Gasteiger partial charge in [-0.1, -0.05) is 6.92 Å². The zero-order valence-electron chi connectivity index (χ0n) is 7.62. The number of hydrogen-bond donors (Lipinski definition) is 1. The van der Waals surface area contributed by atoms with E-state index in [2.05, 4.69) is 0 Å². The minimum absolute atomic E-state index is 0.145. The largest absolute Gasteiger partial charge is 0.395 e. The maximum atomic E-state index is 11.3. The average Bonchev–Trinajstić information content (AvgIpc) is 2.85. The summed E-state index contributed by atoms with van der Waals surface area (Å²) in [7, 11) is 0. The fourth-order valence-corrected chi connectivity index (χ4v) is 1.25. The lowest BCUT2D eigenvalue weighted by atomic mass is 10.2. The van der Waals surface area contributed by atoms with Gasteiger partial charge in [0.2, 0.25) is 0 Å². The van der Waals surface area contributed by atoms with E-state index in [1.807, 2.05) is 11.8 Å². The first-order valence-corrected chi connectivity index (χ1v) is 4.63. The summed E-state index contributed by atoms with van der Waals surface area (Å²) in [5, 5.41) is 8.68. The van der Waals surface area contributed by atoms with E-state index in [-0.39, 0.29) is 6.61 Å². The van der Waals surface area contributed by atoms with Crippen LogP contribution in [0.5, 0.6) is 0 Å². The molecule has 0 amide bonds. The number of likely N-dealkylation sites (N-methyl/N-ethyl adjacent to an activating group) is 1. The molecule has 0 spiro atoms. The first-order chi connectivity index (χ1) is 5.77. The number of carbonyl (C=O) groups is 1. The van der Waals surface area contributed by atoms with Crippen LogP contribution in [0.4, 0.5) is 0 Å². The molecular formula is C9H17NO2. The molecule has 0 aromatic heterocycles. The molecule has 0 heterocycles. The van der Waals surface area contributed by atoms with Crippen LogP contribution in [0.25, 0.3) is 0 Å². The molecule has 0 aromatic rings. The molecule has 1 rings (SSSR count). The van der Waals surface area contributed by atoms with Crippen molar-refractivity contribution < 1.29 is 9.90 Å². The maximum Gasteiger partial charge on any atom is 0.149 e. The summed E-state index contributed by atoms with van der Waals surface area (Å²) in [5.74, 6) is 0.697. The van der Waals surface area contributed by atoms with E-state index >= 15 is 0 Å². The van der Waals surface area contributed by atoms with E-state index in [1.54, 1.807) is 0 Å². The van der Waals surface area contributed by atoms with Crippen molar-refractivity contribution in [1.29, 1.82) is 0 Å². The number of aliphatic hydroxyl groups is 1. The number of Topliss-reactive ketones (excluding diaryl/α,β-unsaturated/α-hetero) is 1. The van der Waals surface area contributed by atoms with Crippen molar-refractivity contribution >= 4 is 5.78 Å². The quantitative estimate of drug-likeness (QED) is 0.624. The molecule has 1 aliphatic rings. The molecule has 12 heavy (non-hydrogen) atoms. The highest BCUT2D eigenvalue weighted by atomic mass is 16.3. The fraction of sp³-hybridized carbons (Fsp3) is 0.889. The standard InChI is InChI=1S/C9H17NO2/c1-2-10(5-6-11)7-9(12)8-3-4-8/h8,11H,2-7H2,1H3. The lowest BCUT2D eigenvalue weighted by Crippen LogP contribution is -2.32. The second-order valence-corrected chi connectivity index (χ2v) is 3.33. The van der Waals surface area contributed by atoms with Crippen molar-refractivity contribution in [3.05, 3.63) is 0 Å². The van der Waals surface area contributed by atoms with Crippen molar-refractivity contribution in [2.45, 2.75) is 19.8 Å². The van der Waals surface area contributed by atoms with Gasteiger partial charge in [-0.3, -0.25) is 9.69 Å². The maximum absolute atomic E-state index is 11.3. The lowest BCUT2D eigenvalue weighted by molar-refractivity contribution is -0.121. The van der Waals surface area contributed by atoms with Gasteiger partial charge in [-0.2, -0.15) is 0 Å². The molecule has 3 nitrogen and oxygen atoms in total. The molecule has 0 atom stereocenters. The number of aliphatic hydroxyl groups excluding tert-OH is 1. The Bertz CT molecular complexity index is 155. The fourth-order valence-electron chi connectivity index (χ4n) is 1.25. The molecule has 1 saturated carbocycles. The minimum atomic E-state index is 0.145. The molecule has 0 aromatic carbocycles. The summed E-state index contributed by atoms with van der Waals surface area (Å²) in [6.45, 7) is 4.15. The molecule has 0 aliphatic heterocycles. The zero-order valence-corrected chi connectivity index (χ0v) is 7.62. The predicted octanol–water partition coefficient (Wildman–Crippen LogP) is 0.280. The monoisotopic (exact) mass is 171 g/mol. The third kappa shape index (κ3) is 2.91. The first kappa shape index (κ1) is 9.68. The SMILES string of the molecule is CCN(CCO)CC(=O)C1CC1. The number of nitrogens with zero attached hydrogens (tertiary/aromatic N) is 1. The third-order valence-corrected chi connectivity index (χ3v) is 2.28. The van der Waals surface area contributed by atoms with Crippen LogP contribution in [0.1, 0.15) is 19.8 Å². The summed E-state index contributed by atoms with van der Waals surface area (Å²) in [6, 6.07) is 0. The summed E-state index contributed by atoms with van der Waals surface area (Å²) in [6.07, 6.45) is 2.16. The highest BCUT2D eigenvalue weighted by Gasteiger charge is 2.29. The van der Waals surface area contributed by atoms with Crippen LogP contribution in [0.2, 0.25) is 0 Å². The van der Waals surface area contributed by atoms with Crippen LogP contribution in [0, 0.1) is 5.92 Å². The first-order valence-electron chi connectivity index (χ1n) is 4.63. The Labute approximate surface area is 73.4 Å². The van der Waals surface area contributed by atoms with Gasteiger partial charge < -0.3 is 5.11 Å². The van der Waals surface area contributed by atoms with Gasteiger partial charge in [0.15, 0.2) is 0 Å². The highest BCUT2D eigenvalue weighted by Crippen LogP contribution is 2.29. The molecular weight excluding hydrogens is 154 g/mol. The molecule has 0 bridgehead atoms. The van der Waals surface area contributed by atoms with E-state index in [0.29, 0.717) is 24.8 Å². The Kier molecular flexibility index (Phi) is 3.69. The second kappa shape index (κ2) is 4.58. The summed E-state index contributed by atoms with van der Waals surface area (Å²) < 4.78 is 0. The van der Waals surface area contributed by atoms with Crippen LogP contribution >= 0.6 is 0 Å². The van der Waals surface area contributed by atoms with Crippen molar-refractivity contribution in [2.24, 2.45) is 5.92 Å². The topological polar surface area (TPSA) is 40.5 Å². The summed E-state index contributed by atoms with van der Waals surface area (Å²) >= 11 is 0. The van der Waals surface area contributed by atoms with E-state index in [4.69, 9.17) is 5.11 Å². The molecule has 0 unspecified atom stereocenters. The summed E-state index contributed by atoms with van der Waals surface area (Å²) in [5.41, 5.74) is 0. The Morgan fingerprint density at radius 1 is 1.58 bits per heavy atom. The van der Waals surface area contributed by atoms with E-state index in [9.17, 15) is 4.79 Å². The second-order valence-electron chi connectivity index (χ2n) is 3.33. The Morgan fingerprint density at radius 2 is 2.25 bits per heavy atom. The van der Waals surface area contributed by atoms with Crippen molar-refractivity contribution in [1.82, 2.24) is 4.90 Å². The Balaban J connectivity index is 2.20. The molecule has 1 N–H and O–H groups in total.